The van der Waals surface area contributed by atoms with Crippen molar-refractivity contribution >= 4 is 17.7 Å². The molecule has 1 aromatic rings. The molecule has 1 aromatic carbocycles. The molecule has 0 spiro atoms. The van der Waals surface area contributed by atoms with E-state index in [1.54, 1.807) is 0 Å². The number of hydrogen-bond donors (Lipinski definition) is 2. The Labute approximate surface area is 131 Å². The molecule has 1 aliphatic carbocycles. The number of amides is 1. The number of thioether (sulfide) groups is 1. The molecule has 2 aliphatic rings. The van der Waals surface area contributed by atoms with Crippen molar-refractivity contribution in [1.29, 1.82) is 0 Å². The molecule has 3 rings (SSSR count). The van der Waals surface area contributed by atoms with Gasteiger partial charge in [0.25, 0.3) is 0 Å². The SMILES string of the molecule is CSC1CCC(NC(=O)[C@H]2Cc3ccccc3CN2)CC1. The topological polar surface area (TPSA) is 41.1 Å². The minimum atomic E-state index is -0.0711. The van der Waals surface area contributed by atoms with Crippen LogP contribution in [0, 0.1) is 0 Å². The van der Waals surface area contributed by atoms with Crippen LogP contribution < -0.4 is 10.6 Å². The Morgan fingerprint density at radius 2 is 1.90 bits per heavy atom. The zero-order valence-electron chi connectivity index (χ0n) is 12.6. The molecule has 4 heteroatoms. The third kappa shape index (κ3) is 3.61. The van der Waals surface area contributed by atoms with Crippen LogP contribution in [-0.2, 0) is 17.8 Å². The van der Waals surface area contributed by atoms with Crippen LogP contribution in [0.3, 0.4) is 0 Å². The summed E-state index contributed by atoms with van der Waals surface area (Å²) in [6.45, 7) is 0.799. The second-order valence-electron chi connectivity index (χ2n) is 6.12. The summed E-state index contributed by atoms with van der Waals surface area (Å²) in [4.78, 5) is 12.4. The number of nitrogens with one attached hydrogen (secondary N) is 2. The lowest BCUT2D eigenvalue weighted by molar-refractivity contribution is -0.124. The first kappa shape index (κ1) is 14.9. The van der Waals surface area contributed by atoms with E-state index in [9.17, 15) is 4.79 Å². The van der Waals surface area contributed by atoms with E-state index in [0.29, 0.717) is 6.04 Å². The van der Waals surface area contributed by atoms with E-state index in [-0.39, 0.29) is 11.9 Å². The van der Waals surface area contributed by atoms with Crippen molar-refractivity contribution in [2.24, 2.45) is 0 Å². The Morgan fingerprint density at radius 3 is 2.62 bits per heavy atom. The highest BCUT2D eigenvalue weighted by Gasteiger charge is 2.27. The van der Waals surface area contributed by atoms with Gasteiger partial charge in [-0.25, -0.2) is 0 Å². The van der Waals surface area contributed by atoms with Crippen LogP contribution >= 0.6 is 11.8 Å². The molecule has 0 radical (unpaired) electrons. The highest BCUT2D eigenvalue weighted by Crippen LogP contribution is 2.27. The van der Waals surface area contributed by atoms with Gasteiger partial charge in [0.05, 0.1) is 6.04 Å². The average Bonchev–Trinajstić information content (AvgIpc) is 2.55. The molecule has 3 nitrogen and oxygen atoms in total. The molecule has 0 unspecified atom stereocenters. The normalized spacial score (nSPS) is 28.7. The summed E-state index contributed by atoms with van der Waals surface area (Å²) >= 11 is 1.96. The van der Waals surface area contributed by atoms with Gasteiger partial charge in [-0.05, 0) is 49.5 Å². The summed E-state index contributed by atoms with van der Waals surface area (Å²) in [6.07, 6.45) is 7.70. The number of rotatable bonds is 3. The standard InChI is InChI=1S/C17H24N2OS/c1-21-15-8-6-14(7-9-15)19-17(20)16-10-12-4-2-3-5-13(12)11-18-16/h2-5,14-16,18H,6-11H2,1H3,(H,19,20)/t14?,15?,16-/m1/s1. The van der Waals surface area contributed by atoms with Crippen molar-refractivity contribution in [3.8, 4) is 0 Å². The monoisotopic (exact) mass is 304 g/mol. The van der Waals surface area contributed by atoms with Crippen LogP contribution in [-0.4, -0.2) is 29.5 Å². The number of carbonyl (C=O) groups excluding carboxylic acids is 1. The third-order valence-electron chi connectivity index (χ3n) is 4.75. The predicted molar refractivity (Wildman–Crippen MR) is 88.5 cm³/mol. The zero-order chi connectivity index (χ0) is 14.7. The molecule has 0 bridgehead atoms. The van der Waals surface area contributed by atoms with Gasteiger partial charge in [-0.1, -0.05) is 24.3 Å². The van der Waals surface area contributed by atoms with Crippen LogP contribution in [0.25, 0.3) is 0 Å². The van der Waals surface area contributed by atoms with E-state index < -0.39 is 0 Å². The number of hydrogen-bond acceptors (Lipinski definition) is 3. The summed E-state index contributed by atoms with van der Waals surface area (Å²) in [7, 11) is 0. The van der Waals surface area contributed by atoms with Gasteiger partial charge in [-0.2, -0.15) is 11.8 Å². The summed E-state index contributed by atoms with van der Waals surface area (Å²) in [6, 6.07) is 8.70. The Morgan fingerprint density at radius 1 is 1.19 bits per heavy atom. The van der Waals surface area contributed by atoms with Crippen LogP contribution in [0.4, 0.5) is 0 Å². The summed E-state index contributed by atoms with van der Waals surface area (Å²) in [5.74, 6) is 0.178. The van der Waals surface area contributed by atoms with Gasteiger partial charge in [0, 0.05) is 17.8 Å². The quantitative estimate of drug-likeness (QED) is 0.901. The Kier molecular flexibility index (Phi) is 4.86. The lowest BCUT2D eigenvalue weighted by atomic mass is 9.93. The molecule has 1 amide bonds. The van der Waals surface area contributed by atoms with Crippen LogP contribution in [0.5, 0.6) is 0 Å². The maximum atomic E-state index is 12.4. The van der Waals surface area contributed by atoms with Gasteiger partial charge in [0.2, 0.25) is 5.91 Å². The molecule has 1 aliphatic heterocycles. The Balaban J connectivity index is 1.53. The number of fused-ring (bicyclic) bond motifs is 1. The van der Waals surface area contributed by atoms with Gasteiger partial charge < -0.3 is 10.6 Å². The van der Waals surface area contributed by atoms with Gasteiger partial charge in [-0.3, -0.25) is 4.79 Å². The van der Waals surface area contributed by atoms with Gasteiger partial charge in [-0.15, -0.1) is 0 Å². The molecule has 2 N–H and O–H groups in total. The second kappa shape index (κ2) is 6.84. The van der Waals surface area contributed by atoms with Crippen molar-refractivity contribution in [3.05, 3.63) is 35.4 Å². The fourth-order valence-corrected chi connectivity index (χ4v) is 4.13. The molecule has 114 valence electrons. The first-order valence-electron chi connectivity index (χ1n) is 7.89. The zero-order valence-corrected chi connectivity index (χ0v) is 13.4. The molecular weight excluding hydrogens is 280 g/mol. The first-order valence-corrected chi connectivity index (χ1v) is 9.18. The third-order valence-corrected chi connectivity index (χ3v) is 5.89. The van der Waals surface area contributed by atoms with Crippen molar-refractivity contribution in [2.75, 3.05) is 6.26 Å². The summed E-state index contributed by atoms with van der Waals surface area (Å²) in [5, 5.41) is 7.41. The largest absolute Gasteiger partial charge is 0.352 e. The fraction of sp³-hybridized carbons (Fsp3) is 0.588. The van der Waals surface area contributed by atoms with E-state index in [1.807, 2.05) is 11.8 Å². The summed E-state index contributed by atoms with van der Waals surface area (Å²) in [5.41, 5.74) is 2.63. The lowest BCUT2D eigenvalue weighted by Gasteiger charge is -2.31. The maximum Gasteiger partial charge on any atom is 0.237 e. The molecular formula is C17H24N2OS. The molecule has 21 heavy (non-hydrogen) atoms. The van der Waals surface area contributed by atoms with Crippen LogP contribution in [0.1, 0.15) is 36.8 Å². The van der Waals surface area contributed by atoms with Gasteiger partial charge in [0.15, 0.2) is 0 Å². The fourth-order valence-electron chi connectivity index (χ4n) is 3.38. The number of benzene rings is 1. The number of carbonyl (C=O) groups is 1. The minimum absolute atomic E-state index is 0.0711. The highest BCUT2D eigenvalue weighted by atomic mass is 32.2. The van der Waals surface area contributed by atoms with Crippen molar-refractivity contribution in [3.63, 3.8) is 0 Å². The molecule has 0 saturated heterocycles. The van der Waals surface area contributed by atoms with E-state index in [4.69, 9.17) is 0 Å². The van der Waals surface area contributed by atoms with Gasteiger partial charge >= 0.3 is 0 Å². The lowest BCUT2D eigenvalue weighted by Crippen LogP contribution is -2.51. The second-order valence-corrected chi connectivity index (χ2v) is 7.26. The smallest absolute Gasteiger partial charge is 0.237 e. The van der Waals surface area contributed by atoms with Crippen molar-refractivity contribution in [2.45, 2.75) is 56.0 Å². The predicted octanol–water partition coefficient (Wildman–Crippen LogP) is 2.49. The first-order chi connectivity index (χ1) is 10.3. The summed E-state index contributed by atoms with van der Waals surface area (Å²) < 4.78 is 0. The molecule has 1 saturated carbocycles. The van der Waals surface area contributed by atoms with Crippen LogP contribution in [0.15, 0.2) is 24.3 Å². The van der Waals surface area contributed by atoms with E-state index >= 15 is 0 Å². The molecule has 1 fully saturated rings. The Bertz CT molecular complexity index is 497. The van der Waals surface area contributed by atoms with E-state index in [2.05, 4.69) is 41.2 Å². The van der Waals surface area contributed by atoms with E-state index in [0.717, 1.165) is 31.1 Å². The average molecular weight is 304 g/mol. The Hall–Kier alpha value is -1.00. The maximum absolute atomic E-state index is 12.4. The van der Waals surface area contributed by atoms with Crippen LogP contribution in [0.2, 0.25) is 0 Å². The van der Waals surface area contributed by atoms with Crippen molar-refractivity contribution in [1.82, 2.24) is 10.6 Å². The highest BCUT2D eigenvalue weighted by molar-refractivity contribution is 7.99. The molecule has 0 aromatic heterocycles. The van der Waals surface area contributed by atoms with Gasteiger partial charge in [0.1, 0.15) is 0 Å². The van der Waals surface area contributed by atoms with Crippen molar-refractivity contribution < 1.29 is 4.79 Å². The molecule has 1 atom stereocenters. The molecule has 1 heterocycles. The van der Waals surface area contributed by atoms with E-state index in [1.165, 1.54) is 24.0 Å². The minimum Gasteiger partial charge on any atom is -0.352 e.